The molecule has 0 spiro atoms. The van der Waals surface area contributed by atoms with E-state index in [1.54, 1.807) is 11.9 Å². The normalized spacial score (nSPS) is 21.5. The van der Waals surface area contributed by atoms with Gasteiger partial charge >= 0.3 is 6.03 Å². The van der Waals surface area contributed by atoms with Gasteiger partial charge in [0.2, 0.25) is 23.5 Å². The first-order valence-corrected chi connectivity index (χ1v) is 17.5. The fourth-order valence-corrected chi connectivity index (χ4v) is 6.62. The van der Waals surface area contributed by atoms with Gasteiger partial charge < -0.3 is 31.1 Å². The average Bonchev–Trinajstić information content (AvgIpc) is 3.72. The predicted molar refractivity (Wildman–Crippen MR) is 187 cm³/mol. The van der Waals surface area contributed by atoms with Crippen LogP contribution in [0.1, 0.15) is 94.9 Å². The molecule has 2 rings (SSSR count). The molecule has 272 valence electrons. The Morgan fingerprint density at radius 2 is 1.50 bits per heavy atom. The summed E-state index contributed by atoms with van der Waals surface area (Å²) in [6, 6.07) is -4.50. The van der Waals surface area contributed by atoms with Crippen LogP contribution in [0.4, 0.5) is 4.79 Å². The standard InChI is InChI=1S/C36H62N6O6/c1-13-15-24(27(43)31(45)37-18-14-2)38-30(44)26-25(21(3)4)22(5)19-42(26)33(47)29(36(9,10)11)40-34(48)39-28(35(6,7)8)32(46)41(12)20-23-16-17-23/h14,21-26,28-29H,2,13,15-20H2,1,3-12H3,(H,37,45)(H,38,44)(H2,39,40,48)/t22-,24?,25-,26-,28+,29+/m0/s1. The molecule has 0 aromatic rings. The number of ketones is 1. The average molecular weight is 675 g/mol. The highest BCUT2D eigenvalue weighted by Gasteiger charge is 2.50. The summed E-state index contributed by atoms with van der Waals surface area (Å²) < 4.78 is 0. The molecule has 2 fully saturated rings. The molecule has 6 atom stereocenters. The zero-order valence-electron chi connectivity index (χ0n) is 31.2. The van der Waals surface area contributed by atoms with Crippen LogP contribution in [0.2, 0.25) is 0 Å². The van der Waals surface area contributed by atoms with Crippen molar-refractivity contribution < 1.29 is 28.8 Å². The van der Waals surface area contributed by atoms with Crippen molar-refractivity contribution in [1.82, 2.24) is 31.1 Å². The minimum Gasteiger partial charge on any atom is -0.346 e. The smallest absolute Gasteiger partial charge is 0.316 e. The Morgan fingerprint density at radius 1 is 0.938 bits per heavy atom. The molecule has 0 radical (unpaired) electrons. The Labute approximate surface area is 287 Å². The van der Waals surface area contributed by atoms with E-state index >= 15 is 0 Å². The van der Waals surface area contributed by atoms with Crippen molar-refractivity contribution in [3.05, 3.63) is 12.7 Å². The van der Waals surface area contributed by atoms with Gasteiger partial charge in [-0.15, -0.1) is 6.58 Å². The zero-order chi connectivity index (χ0) is 36.7. The summed E-state index contributed by atoms with van der Waals surface area (Å²) in [6.07, 6.45) is 4.44. The van der Waals surface area contributed by atoms with Crippen molar-refractivity contribution in [2.24, 2.45) is 34.5 Å². The van der Waals surface area contributed by atoms with E-state index in [0.717, 1.165) is 12.8 Å². The topological polar surface area (TPSA) is 157 Å². The van der Waals surface area contributed by atoms with Gasteiger partial charge in [0.1, 0.15) is 18.1 Å². The van der Waals surface area contributed by atoms with Crippen molar-refractivity contribution >= 4 is 35.4 Å². The van der Waals surface area contributed by atoms with Crippen LogP contribution in [0.15, 0.2) is 12.7 Å². The molecule has 2 aliphatic rings. The fraction of sp³-hybridized carbons (Fsp3) is 0.778. The largest absolute Gasteiger partial charge is 0.346 e. The predicted octanol–water partition coefficient (Wildman–Crippen LogP) is 3.26. The second-order valence-electron chi connectivity index (χ2n) is 16.3. The van der Waals surface area contributed by atoms with Crippen molar-refractivity contribution in [1.29, 1.82) is 0 Å². The van der Waals surface area contributed by atoms with E-state index in [1.807, 2.05) is 69.2 Å². The molecule has 1 saturated carbocycles. The van der Waals surface area contributed by atoms with E-state index in [9.17, 15) is 28.8 Å². The van der Waals surface area contributed by atoms with Crippen LogP contribution < -0.4 is 21.3 Å². The third-order valence-electron chi connectivity index (χ3n) is 9.39. The molecule has 6 amide bonds. The van der Waals surface area contributed by atoms with Gasteiger partial charge in [-0.3, -0.25) is 24.0 Å². The summed E-state index contributed by atoms with van der Waals surface area (Å²) in [4.78, 5) is 84.3. The lowest BCUT2D eigenvalue weighted by Gasteiger charge is -2.38. The first-order chi connectivity index (χ1) is 22.1. The third-order valence-corrected chi connectivity index (χ3v) is 9.39. The van der Waals surface area contributed by atoms with Crippen LogP contribution in [-0.4, -0.2) is 96.1 Å². The summed E-state index contributed by atoms with van der Waals surface area (Å²) in [6.45, 7) is 23.5. The van der Waals surface area contributed by atoms with Crippen LogP contribution in [0.3, 0.4) is 0 Å². The van der Waals surface area contributed by atoms with Gasteiger partial charge in [-0.2, -0.15) is 0 Å². The lowest BCUT2D eigenvalue weighted by atomic mass is 9.81. The summed E-state index contributed by atoms with van der Waals surface area (Å²) in [5.74, 6) is -2.49. The number of carbonyl (C=O) groups is 6. The number of amides is 6. The van der Waals surface area contributed by atoms with Crippen molar-refractivity contribution in [2.75, 3.05) is 26.7 Å². The molecular weight excluding hydrogens is 612 g/mol. The molecule has 12 heteroatoms. The number of hydrogen-bond acceptors (Lipinski definition) is 6. The van der Waals surface area contributed by atoms with E-state index < -0.39 is 64.5 Å². The van der Waals surface area contributed by atoms with Crippen LogP contribution in [0.25, 0.3) is 0 Å². The SMILES string of the molecule is C=CCNC(=O)C(=O)C(CCC)NC(=O)[C@@H]1[C@@H](C(C)C)[C@@H](C)CN1C(=O)[C@@H](NC(=O)N[C@H](C(=O)N(C)CC1CC1)C(C)(C)C)C(C)(C)C. The lowest BCUT2D eigenvalue weighted by molar-refractivity contribution is -0.144. The van der Waals surface area contributed by atoms with Crippen molar-refractivity contribution in [3.8, 4) is 0 Å². The van der Waals surface area contributed by atoms with Gasteiger partial charge in [-0.05, 0) is 53.8 Å². The molecule has 1 unspecified atom stereocenters. The van der Waals surface area contributed by atoms with Crippen LogP contribution in [0, 0.1) is 34.5 Å². The van der Waals surface area contributed by atoms with E-state index in [1.165, 1.54) is 11.0 Å². The number of nitrogens with one attached hydrogen (secondary N) is 4. The van der Waals surface area contributed by atoms with E-state index in [4.69, 9.17) is 0 Å². The second-order valence-corrected chi connectivity index (χ2v) is 16.3. The monoisotopic (exact) mass is 674 g/mol. The Hall–Kier alpha value is -3.44. The summed E-state index contributed by atoms with van der Waals surface area (Å²) in [7, 11) is 1.75. The number of hydrogen-bond donors (Lipinski definition) is 4. The second kappa shape index (κ2) is 16.8. The number of carbonyl (C=O) groups excluding carboxylic acids is 6. The molecule has 1 heterocycles. The number of urea groups is 1. The quantitative estimate of drug-likeness (QED) is 0.154. The first-order valence-electron chi connectivity index (χ1n) is 17.5. The van der Waals surface area contributed by atoms with E-state index in [0.29, 0.717) is 18.9 Å². The molecule has 48 heavy (non-hydrogen) atoms. The van der Waals surface area contributed by atoms with Gasteiger partial charge in [0, 0.05) is 26.7 Å². The minimum absolute atomic E-state index is 0.0142. The molecule has 0 bridgehead atoms. The maximum absolute atomic E-state index is 14.5. The van der Waals surface area contributed by atoms with Crippen molar-refractivity contribution in [2.45, 2.75) is 119 Å². The van der Waals surface area contributed by atoms with Crippen molar-refractivity contribution in [3.63, 3.8) is 0 Å². The number of nitrogens with zero attached hydrogens (tertiary/aromatic N) is 2. The first kappa shape index (κ1) is 40.7. The summed E-state index contributed by atoms with van der Waals surface area (Å²) in [5, 5.41) is 11.0. The minimum atomic E-state index is -1.06. The molecule has 1 aliphatic carbocycles. The maximum Gasteiger partial charge on any atom is 0.316 e. The summed E-state index contributed by atoms with van der Waals surface area (Å²) >= 11 is 0. The van der Waals surface area contributed by atoms with Crippen LogP contribution in [0.5, 0.6) is 0 Å². The highest BCUT2D eigenvalue weighted by molar-refractivity contribution is 6.38. The highest BCUT2D eigenvalue weighted by Crippen LogP contribution is 2.37. The maximum atomic E-state index is 14.5. The van der Waals surface area contributed by atoms with Crippen LogP contribution >= 0.6 is 0 Å². The van der Waals surface area contributed by atoms with Crippen LogP contribution in [-0.2, 0) is 24.0 Å². The van der Waals surface area contributed by atoms with Gasteiger partial charge in [-0.1, -0.05) is 81.7 Å². The molecule has 0 aromatic carbocycles. The van der Waals surface area contributed by atoms with Gasteiger partial charge in [0.05, 0.1) is 6.04 Å². The Bertz CT molecular complexity index is 1200. The Balaban J connectivity index is 2.37. The number of likely N-dealkylation sites (N-methyl/N-ethyl adjacent to an activating group) is 1. The lowest BCUT2D eigenvalue weighted by Crippen LogP contribution is -2.63. The number of likely N-dealkylation sites (tertiary alicyclic amines) is 1. The number of Topliss-reactive ketones (excluding diaryl/α,β-unsaturated/α-hetero) is 1. The fourth-order valence-electron chi connectivity index (χ4n) is 6.62. The molecule has 0 aromatic heterocycles. The molecule has 1 aliphatic heterocycles. The molecule has 1 saturated heterocycles. The van der Waals surface area contributed by atoms with Gasteiger partial charge in [0.25, 0.3) is 5.91 Å². The molecule has 4 N–H and O–H groups in total. The van der Waals surface area contributed by atoms with Gasteiger partial charge in [0.15, 0.2) is 0 Å². The molecular formula is C36H62N6O6. The Morgan fingerprint density at radius 3 is 1.98 bits per heavy atom. The van der Waals surface area contributed by atoms with E-state index in [2.05, 4.69) is 27.8 Å². The van der Waals surface area contributed by atoms with Gasteiger partial charge in [-0.25, -0.2) is 4.79 Å². The zero-order valence-corrected chi connectivity index (χ0v) is 31.2. The third kappa shape index (κ3) is 10.8. The van der Waals surface area contributed by atoms with E-state index in [-0.39, 0.29) is 43.2 Å². The summed E-state index contributed by atoms with van der Waals surface area (Å²) in [5.41, 5.74) is -1.36. The number of rotatable bonds is 15. The highest BCUT2D eigenvalue weighted by atomic mass is 16.2. The Kier molecular flexibility index (Phi) is 14.2. The molecule has 12 nitrogen and oxygen atoms in total.